The first-order valence-electron chi connectivity index (χ1n) is 10.3. The Morgan fingerprint density at radius 2 is 2.00 bits per heavy atom. The number of esters is 1. The van der Waals surface area contributed by atoms with Crippen LogP contribution in [0.2, 0.25) is 0 Å². The van der Waals surface area contributed by atoms with Crippen LogP contribution >= 0.6 is 11.3 Å². The molecule has 1 atom stereocenters. The normalized spacial score (nSPS) is 15.8. The molecule has 1 aromatic heterocycles. The molecule has 2 aromatic carbocycles. The number of rotatable bonds is 7. The number of likely N-dealkylation sites (N-methyl/N-ethyl adjacent to an activating group) is 1. The van der Waals surface area contributed by atoms with E-state index >= 15 is 0 Å². The van der Waals surface area contributed by atoms with Crippen molar-refractivity contribution in [1.29, 1.82) is 5.26 Å². The number of carbonyl (C=O) groups is 3. The molecule has 4 rings (SSSR count). The van der Waals surface area contributed by atoms with Crippen LogP contribution in [0.25, 0.3) is 10.8 Å². The zero-order chi connectivity index (χ0) is 23.5. The third-order valence-electron chi connectivity index (χ3n) is 5.34. The van der Waals surface area contributed by atoms with Crippen molar-refractivity contribution in [3.05, 3.63) is 63.8 Å². The topological polar surface area (TPSA) is 99.9 Å². The number of imide groups is 1. The summed E-state index contributed by atoms with van der Waals surface area (Å²) >= 11 is 1.27. The lowest BCUT2D eigenvalue weighted by atomic mass is 10.0. The van der Waals surface area contributed by atoms with Crippen molar-refractivity contribution < 1.29 is 23.9 Å². The summed E-state index contributed by atoms with van der Waals surface area (Å²) in [6.07, 6.45) is 0. The highest BCUT2D eigenvalue weighted by atomic mass is 32.1. The molecule has 168 valence electrons. The van der Waals surface area contributed by atoms with E-state index in [-0.39, 0.29) is 25.1 Å². The average molecular weight is 464 g/mol. The zero-order valence-corrected chi connectivity index (χ0v) is 18.9. The molecule has 8 nitrogen and oxygen atoms in total. The second kappa shape index (κ2) is 9.40. The second-order valence-corrected chi connectivity index (χ2v) is 8.56. The smallest absolute Gasteiger partial charge is 0.348 e. The van der Waals surface area contributed by atoms with Crippen LogP contribution in [-0.2, 0) is 20.9 Å². The van der Waals surface area contributed by atoms with E-state index in [1.165, 1.54) is 23.3 Å². The van der Waals surface area contributed by atoms with Crippen LogP contribution in [0, 0.1) is 11.3 Å². The summed E-state index contributed by atoms with van der Waals surface area (Å²) in [6.45, 7) is 2.24. The number of carbonyl (C=O) groups excluding carboxylic acids is 3. The highest BCUT2D eigenvalue weighted by molar-refractivity contribution is 7.13. The lowest BCUT2D eigenvalue weighted by Crippen LogP contribution is -2.38. The molecule has 1 fully saturated rings. The molecule has 0 bridgehead atoms. The van der Waals surface area contributed by atoms with E-state index in [1.807, 2.05) is 6.07 Å². The summed E-state index contributed by atoms with van der Waals surface area (Å²) in [4.78, 5) is 41.2. The Morgan fingerprint density at radius 1 is 1.18 bits per heavy atom. The Hall–Kier alpha value is -3.74. The molecule has 0 saturated carbocycles. The van der Waals surface area contributed by atoms with E-state index in [0.29, 0.717) is 22.7 Å². The van der Waals surface area contributed by atoms with E-state index < -0.39 is 12.1 Å². The predicted octanol–water partition coefficient (Wildman–Crippen LogP) is 3.93. The van der Waals surface area contributed by atoms with Crippen molar-refractivity contribution >= 4 is 45.7 Å². The fraction of sp³-hybridized carbons (Fsp3) is 0.250. The number of benzene rings is 2. The minimum atomic E-state index is -0.816. The number of thiophene rings is 1. The van der Waals surface area contributed by atoms with Gasteiger partial charge < -0.3 is 9.47 Å². The van der Waals surface area contributed by atoms with Gasteiger partial charge in [0.1, 0.15) is 10.9 Å². The Balaban J connectivity index is 1.52. The molecule has 0 aliphatic carbocycles. The third-order valence-corrected chi connectivity index (χ3v) is 6.38. The molecule has 9 heteroatoms. The predicted molar refractivity (Wildman–Crippen MR) is 123 cm³/mol. The number of nitrogens with zero attached hydrogens (tertiary/aromatic N) is 3. The first-order valence-corrected chi connectivity index (χ1v) is 11.1. The molecule has 3 aromatic rings. The highest BCUT2D eigenvalue weighted by Gasteiger charge is 2.44. The van der Waals surface area contributed by atoms with Gasteiger partial charge in [-0.25, -0.2) is 9.59 Å². The standard InChI is InChI=1S/C24H21N3O5S/c1-3-32-23(29)21-10-8-18(33-21)13-31-14-20-22(28)26(2)24(30)27(20)17-7-9-19-15(11-17)5-4-6-16(19)12-25/h4-11,20H,3,13-14H2,1-2H3. The molecular weight excluding hydrogens is 442 g/mol. The fourth-order valence-corrected chi connectivity index (χ4v) is 4.56. The maximum atomic E-state index is 12.8. The number of urea groups is 1. The Morgan fingerprint density at radius 3 is 2.76 bits per heavy atom. The van der Waals surface area contributed by atoms with Crippen LogP contribution in [0.5, 0.6) is 0 Å². The van der Waals surface area contributed by atoms with E-state index in [2.05, 4.69) is 6.07 Å². The van der Waals surface area contributed by atoms with Gasteiger partial charge in [-0.2, -0.15) is 5.26 Å². The van der Waals surface area contributed by atoms with Crippen molar-refractivity contribution in [3.8, 4) is 6.07 Å². The van der Waals surface area contributed by atoms with Crippen LogP contribution in [0.3, 0.4) is 0 Å². The molecule has 33 heavy (non-hydrogen) atoms. The molecule has 0 radical (unpaired) electrons. The van der Waals surface area contributed by atoms with Gasteiger partial charge in [0.15, 0.2) is 0 Å². The number of fused-ring (bicyclic) bond motifs is 1. The lowest BCUT2D eigenvalue weighted by molar-refractivity contribution is -0.127. The second-order valence-electron chi connectivity index (χ2n) is 7.39. The summed E-state index contributed by atoms with van der Waals surface area (Å²) in [7, 11) is 1.44. The number of amides is 3. The molecule has 1 saturated heterocycles. The molecule has 1 aliphatic rings. The third kappa shape index (κ3) is 4.31. The largest absolute Gasteiger partial charge is 0.462 e. The SMILES string of the molecule is CCOC(=O)c1ccc(COCC2C(=O)N(C)C(=O)N2c2ccc3c(C#N)cccc3c2)s1. The Labute approximate surface area is 194 Å². The van der Waals surface area contributed by atoms with E-state index in [4.69, 9.17) is 9.47 Å². The quantitative estimate of drug-likeness (QED) is 0.389. The van der Waals surface area contributed by atoms with Gasteiger partial charge in [-0.05, 0) is 48.0 Å². The van der Waals surface area contributed by atoms with Crippen molar-refractivity contribution in [2.45, 2.75) is 19.6 Å². The van der Waals surface area contributed by atoms with Crippen LogP contribution < -0.4 is 4.90 Å². The van der Waals surface area contributed by atoms with Crippen molar-refractivity contribution in [1.82, 2.24) is 4.90 Å². The summed E-state index contributed by atoms with van der Waals surface area (Å²) in [5.41, 5.74) is 1.09. The minimum absolute atomic E-state index is 0.00216. The summed E-state index contributed by atoms with van der Waals surface area (Å²) in [5.74, 6) is -0.738. The number of hydrogen-bond donors (Lipinski definition) is 0. The zero-order valence-electron chi connectivity index (χ0n) is 18.1. The van der Waals surface area contributed by atoms with Gasteiger partial charge >= 0.3 is 12.0 Å². The number of anilines is 1. The molecule has 1 aliphatic heterocycles. The van der Waals surface area contributed by atoms with Gasteiger partial charge in [-0.3, -0.25) is 14.6 Å². The summed E-state index contributed by atoms with van der Waals surface area (Å²) in [5, 5.41) is 10.9. The maximum Gasteiger partial charge on any atom is 0.348 e. The molecule has 3 amide bonds. The molecule has 0 spiro atoms. The minimum Gasteiger partial charge on any atom is -0.462 e. The number of hydrogen-bond acceptors (Lipinski definition) is 7. The summed E-state index contributed by atoms with van der Waals surface area (Å²) in [6, 6.07) is 15.0. The number of ether oxygens (including phenoxy) is 2. The van der Waals surface area contributed by atoms with E-state index in [0.717, 1.165) is 20.5 Å². The van der Waals surface area contributed by atoms with Crippen molar-refractivity contribution in [2.24, 2.45) is 0 Å². The first-order chi connectivity index (χ1) is 15.9. The fourth-order valence-electron chi connectivity index (χ4n) is 3.72. The highest BCUT2D eigenvalue weighted by Crippen LogP contribution is 2.30. The molecular formula is C24H21N3O5S. The van der Waals surface area contributed by atoms with Crippen LogP contribution in [0.4, 0.5) is 10.5 Å². The maximum absolute atomic E-state index is 12.8. The Bertz CT molecular complexity index is 1280. The lowest BCUT2D eigenvalue weighted by Gasteiger charge is -2.22. The molecule has 0 N–H and O–H groups in total. The van der Waals surface area contributed by atoms with Crippen LogP contribution in [-0.4, -0.2) is 49.1 Å². The van der Waals surface area contributed by atoms with Gasteiger partial charge in [-0.1, -0.05) is 18.2 Å². The van der Waals surface area contributed by atoms with Gasteiger partial charge in [0, 0.05) is 17.6 Å². The first kappa shape index (κ1) is 22.5. The van der Waals surface area contributed by atoms with Crippen molar-refractivity contribution in [3.63, 3.8) is 0 Å². The van der Waals surface area contributed by atoms with Gasteiger partial charge in [0.05, 0.1) is 31.5 Å². The van der Waals surface area contributed by atoms with Gasteiger partial charge in [0.2, 0.25) is 0 Å². The van der Waals surface area contributed by atoms with Crippen LogP contribution in [0.15, 0.2) is 48.5 Å². The van der Waals surface area contributed by atoms with E-state index in [9.17, 15) is 19.6 Å². The van der Waals surface area contributed by atoms with E-state index in [1.54, 1.807) is 49.4 Å². The van der Waals surface area contributed by atoms with Crippen LogP contribution in [0.1, 0.15) is 27.0 Å². The molecule has 2 heterocycles. The summed E-state index contributed by atoms with van der Waals surface area (Å²) < 4.78 is 10.8. The number of nitriles is 1. The Kier molecular flexibility index (Phi) is 6.40. The average Bonchev–Trinajstić information content (AvgIpc) is 3.38. The van der Waals surface area contributed by atoms with Crippen molar-refractivity contribution in [2.75, 3.05) is 25.2 Å². The van der Waals surface area contributed by atoms with Gasteiger partial charge in [-0.15, -0.1) is 11.3 Å². The monoisotopic (exact) mass is 463 g/mol. The van der Waals surface area contributed by atoms with Gasteiger partial charge in [0.25, 0.3) is 5.91 Å². The molecule has 1 unspecified atom stereocenters.